The molecule has 0 spiro atoms. The Balaban J connectivity index is 2.60. The molecule has 1 aliphatic heterocycles. The van der Waals surface area contributed by atoms with Gasteiger partial charge < -0.3 is 5.73 Å². The predicted molar refractivity (Wildman–Crippen MR) is 78.1 cm³/mol. The van der Waals surface area contributed by atoms with Gasteiger partial charge >= 0.3 is 0 Å². The molecule has 106 valence electrons. The summed E-state index contributed by atoms with van der Waals surface area (Å²) in [6, 6.07) is 0.108. The molecule has 1 aliphatic rings. The van der Waals surface area contributed by atoms with Crippen molar-refractivity contribution in [1.82, 2.24) is 9.21 Å². The second-order valence-electron chi connectivity index (χ2n) is 4.54. The van der Waals surface area contributed by atoms with E-state index in [1.54, 1.807) is 11.2 Å². The van der Waals surface area contributed by atoms with Crippen molar-refractivity contribution in [2.45, 2.75) is 32.7 Å². The molecule has 0 aromatic carbocycles. The summed E-state index contributed by atoms with van der Waals surface area (Å²) in [5.74, 6) is 0.167. The van der Waals surface area contributed by atoms with Crippen molar-refractivity contribution in [3.05, 3.63) is 0 Å². The van der Waals surface area contributed by atoms with Gasteiger partial charge in [0, 0.05) is 26.2 Å². The predicted octanol–water partition coefficient (Wildman–Crippen LogP) is 0.409. The maximum Gasteiger partial charge on any atom is 0.213 e. The molecule has 1 saturated heterocycles. The molecule has 1 atom stereocenters. The summed E-state index contributed by atoms with van der Waals surface area (Å²) in [4.78, 5) is 2.72. The van der Waals surface area contributed by atoms with Gasteiger partial charge in [-0.05, 0) is 13.3 Å². The number of nitrogens with zero attached hydrogens (tertiary/aromatic N) is 2. The first-order valence-corrected chi connectivity index (χ1v) is 8.45. The van der Waals surface area contributed by atoms with E-state index < -0.39 is 10.0 Å². The SMILES string of the molecule is CCCC(C(N)=S)N1CCN(S(=O)(=O)CC)CC1. The fourth-order valence-corrected chi connectivity index (χ4v) is 3.61. The minimum absolute atomic E-state index is 0.108. The molecule has 0 aromatic rings. The van der Waals surface area contributed by atoms with Crippen molar-refractivity contribution in [3.63, 3.8) is 0 Å². The molecule has 0 aliphatic carbocycles. The van der Waals surface area contributed by atoms with E-state index in [-0.39, 0.29) is 11.8 Å². The molecule has 18 heavy (non-hydrogen) atoms. The van der Waals surface area contributed by atoms with Crippen molar-refractivity contribution in [2.24, 2.45) is 5.73 Å². The van der Waals surface area contributed by atoms with Crippen molar-refractivity contribution in [1.29, 1.82) is 0 Å². The molecular weight excluding hydrogens is 270 g/mol. The van der Waals surface area contributed by atoms with E-state index in [2.05, 4.69) is 11.8 Å². The number of thiocarbonyl (C=S) groups is 1. The van der Waals surface area contributed by atoms with Crippen LogP contribution in [0.2, 0.25) is 0 Å². The maximum absolute atomic E-state index is 11.7. The third-order valence-electron chi connectivity index (χ3n) is 3.36. The second-order valence-corrected chi connectivity index (χ2v) is 7.27. The second kappa shape index (κ2) is 6.79. The van der Waals surface area contributed by atoms with Gasteiger partial charge in [0.25, 0.3) is 0 Å². The molecule has 1 fully saturated rings. The van der Waals surface area contributed by atoms with Crippen LogP contribution in [-0.4, -0.2) is 60.6 Å². The van der Waals surface area contributed by atoms with Crippen molar-refractivity contribution >= 4 is 27.2 Å². The van der Waals surface area contributed by atoms with Crippen LogP contribution in [0.3, 0.4) is 0 Å². The monoisotopic (exact) mass is 293 g/mol. The lowest BCUT2D eigenvalue weighted by molar-refractivity contribution is 0.162. The van der Waals surface area contributed by atoms with Crippen molar-refractivity contribution < 1.29 is 8.42 Å². The highest BCUT2D eigenvalue weighted by molar-refractivity contribution is 7.89. The Morgan fingerprint density at radius 2 is 1.83 bits per heavy atom. The summed E-state index contributed by atoms with van der Waals surface area (Å²) in [5.41, 5.74) is 5.76. The number of sulfonamides is 1. The lowest BCUT2D eigenvalue weighted by Gasteiger charge is -2.38. The van der Waals surface area contributed by atoms with Gasteiger partial charge in [-0.3, -0.25) is 4.90 Å². The number of hydrogen-bond donors (Lipinski definition) is 1. The van der Waals surface area contributed by atoms with Crippen LogP contribution in [0.15, 0.2) is 0 Å². The Bertz CT molecular complexity index is 376. The molecule has 2 N–H and O–H groups in total. The molecular formula is C11H23N3O2S2. The standard InChI is InChI=1S/C11H23N3O2S2/c1-3-5-10(11(12)17)13-6-8-14(9-7-13)18(15,16)4-2/h10H,3-9H2,1-2H3,(H2,12,17). The van der Waals surface area contributed by atoms with E-state index in [0.29, 0.717) is 31.2 Å². The van der Waals surface area contributed by atoms with Crippen LogP contribution in [0.4, 0.5) is 0 Å². The van der Waals surface area contributed by atoms with Gasteiger partial charge in [0.15, 0.2) is 0 Å². The zero-order chi connectivity index (χ0) is 13.8. The van der Waals surface area contributed by atoms with Crippen LogP contribution in [0, 0.1) is 0 Å². The molecule has 0 amide bonds. The first kappa shape index (κ1) is 15.8. The largest absolute Gasteiger partial charge is 0.392 e. The van der Waals surface area contributed by atoms with Crippen molar-refractivity contribution in [2.75, 3.05) is 31.9 Å². The summed E-state index contributed by atoms with van der Waals surface area (Å²) in [5, 5.41) is 0. The summed E-state index contributed by atoms with van der Waals surface area (Å²) in [6.07, 6.45) is 1.96. The maximum atomic E-state index is 11.7. The highest BCUT2D eigenvalue weighted by Gasteiger charge is 2.29. The smallest absolute Gasteiger partial charge is 0.213 e. The third kappa shape index (κ3) is 3.88. The van der Waals surface area contributed by atoms with Crippen LogP contribution in [0.5, 0.6) is 0 Å². The Kier molecular flexibility index (Phi) is 5.97. The normalized spacial score (nSPS) is 20.8. The zero-order valence-corrected chi connectivity index (χ0v) is 12.8. The van der Waals surface area contributed by atoms with Gasteiger partial charge in [0.05, 0.1) is 16.8 Å². The zero-order valence-electron chi connectivity index (χ0n) is 11.1. The van der Waals surface area contributed by atoms with Crippen LogP contribution in [0.25, 0.3) is 0 Å². The first-order valence-electron chi connectivity index (χ1n) is 6.43. The Morgan fingerprint density at radius 3 is 2.22 bits per heavy atom. The molecule has 0 radical (unpaired) electrons. The average molecular weight is 293 g/mol. The van der Waals surface area contributed by atoms with Gasteiger partial charge in [0.2, 0.25) is 10.0 Å². The Hall–Kier alpha value is -0.240. The molecule has 1 unspecified atom stereocenters. The van der Waals surface area contributed by atoms with Gasteiger partial charge in [-0.15, -0.1) is 0 Å². The highest BCUT2D eigenvalue weighted by atomic mass is 32.2. The minimum atomic E-state index is -3.06. The topological polar surface area (TPSA) is 66.6 Å². The third-order valence-corrected chi connectivity index (χ3v) is 5.52. The summed E-state index contributed by atoms with van der Waals surface area (Å²) in [7, 11) is -3.06. The molecule has 1 heterocycles. The average Bonchev–Trinajstić information content (AvgIpc) is 2.36. The van der Waals surface area contributed by atoms with E-state index in [1.165, 1.54) is 0 Å². The Labute approximate surface area is 115 Å². The quantitative estimate of drug-likeness (QED) is 0.719. The van der Waals surface area contributed by atoms with Crippen LogP contribution in [0.1, 0.15) is 26.7 Å². The van der Waals surface area contributed by atoms with Gasteiger partial charge in [-0.2, -0.15) is 4.31 Å². The van der Waals surface area contributed by atoms with E-state index in [1.807, 2.05) is 0 Å². The fourth-order valence-electron chi connectivity index (χ4n) is 2.25. The number of rotatable bonds is 6. The van der Waals surface area contributed by atoms with E-state index in [4.69, 9.17) is 18.0 Å². The molecule has 1 rings (SSSR count). The number of nitrogens with two attached hydrogens (primary N) is 1. The first-order chi connectivity index (χ1) is 8.42. The molecule has 5 nitrogen and oxygen atoms in total. The molecule has 0 aromatic heterocycles. The van der Waals surface area contributed by atoms with Gasteiger partial charge in [0.1, 0.15) is 0 Å². The lowest BCUT2D eigenvalue weighted by atomic mass is 10.1. The number of piperazine rings is 1. The lowest BCUT2D eigenvalue weighted by Crippen LogP contribution is -2.55. The fraction of sp³-hybridized carbons (Fsp3) is 0.909. The Morgan fingerprint density at radius 1 is 1.28 bits per heavy atom. The van der Waals surface area contributed by atoms with Gasteiger partial charge in [-0.1, -0.05) is 25.6 Å². The summed E-state index contributed by atoms with van der Waals surface area (Å²) in [6.45, 7) is 6.28. The van der Waals surface area contributed by atoms with Gasteiger partial charge in [-0.25, -0.2) is 8.42 Å². The molecule has 0 bridgehead atoms. The molecule has 7 heteroatoms. The molecule has 0 saturated carbocycles. The van der Waals surface area contributed by atoms with E-state index >= 15 is 0 Å². The van der Waals surface area contributed by atoms with E-state index in [0.717, 1.165) is 12.8 Å². The van der Waals surface area contributed by atoms with Crippen molar-refractivity contribution in [3.8, 4) is 0 Å². The summed E-state index contributed by atoms with van der Waals surface area (Å²) < 4.78 is 25.1. The minimum Gasteiger partial charge on any atom is -0.392 e. The van der Waals surface area contributed by atoms with Crippen LogP contribution in [-0.2, 0) is 10.0 Å². The summed E-state index contributed by atoms with van der Waals surface area (Å²) >= 11 is 5.09. The van der Waals surface area contributed by atoms with E-state index in [9.17, 15) is 8.42 Å². The highest BCUT2D eigenvalue weighted by Crippen LogP contribution is 2.14. The number of hydrogen-bond acceptors (Lipinski definition) is 4. The van der Waals surface area contributed by atoms with Crippen LogP contribution < -0.4 is 5.73 Å². The van der Waals surface area contributed by atoms with Crippen LogP contribution >= 0.6 is 12.2 Å².